The third kappa shape index (κ3) is 4.08. The number of hydrogen-bond donors (Lipinski definition) is 2. The minimum absolute atomic E-state index is 0.121. The van der Waals surface area contributed by atoms with Gasteiger partial charge in [-0.3, -0.25) is 23.9 Å². The Morgan fingerprint density at radius 3 is 2.73 bits per heavy atom. The van der Waals surface area contributed by atoms with Crippen LogP contribution in [0.5, 0.6) is 0 Å². The molecule has 1 aliphatic heterocycles. The molecule has 1 fully saturated rings. The van der Waals surface area contributed by atoms with E-state index in [2.05, 4.69) is 10.3 Å². The largest absolute Gasteiger partial charge is 0.368 e. The molecule has 3 aromatic rings. The van der Waals surface area contributed by atoms with E-state index < -0.39 is 0 Å². The van der Waals surface area contributed by atoms with Crippen LogP contribution in [0.3, 0.4) is 0 Å². The summed E-state index contributed by atoms with van der Waals surface area (Å²) in [6, 6.07) is 14.4. The molecule has 4 rings (SSSR count). The van der Waals surface area contributed by atoms with Crippen LogP contribution in [0.25, 0.3) is 11.0 Å². The highest BCUT2D eigenvalue weighted by Gasteiger charge is 2.29. The van der Waals surface area contributed by atoms with Crippen molar-refractivity contribution in [3.8, 4) is 0 Å². The van der Waals surface area contributed by atoms with Crippen molar-refractivity contribution in [2.75, 3.05) is 11.9 Å². The SMILES string of the molecule is NC(=O)C1CCCN1Cc1ccccc1NC(=O)Cn1c(=O)cnc2ccccc21. The van der Waals surface area contributed by atoms with Crippen LogP contribution in [0.2, 0.25) is 0 Å². The first-order valence-electron chi connectivity index (χ1n) is 9.88. The van der Waals surface area contributed by atoms with E-state index in [0.717, 1.165) is 24.9 Å². The molecule has 8 nitrogen and oxygen atoms in total. The molecule has 2 amide bonds. The summed E-state index contributed by atoms with van der Waals surface area (Å²) in [6.07, 6.45) is 2.89. The van der Waals surface area contributed by atoms with Crippen LogP contribution < -0.4 is 16.6 Å². The van der Waals surface area contributed by atoms with Crippen molar-refractivity contribution in [2.45, 2.75) is 32.0 Å². The predicted molar refractivity (Wildman–Crippen MR) is 114 cm³/mol. The van der Waals surface area contributed by atoms with Gasteiger partial charge in [0.2, 0.25) is 11.8 Å². The van der Waals surface area contributed by atoms with E-state index in [1.807, 2.05) is 35.2 Å². The molecular weight excluding hydrogens is 382 g/mol. The average molecular weight is 405 g/mol. The van der Waals surface area contributed by atoms with E-state index >= 15 is 0 Å². The van der Waals surface area contributed by atoms with Gasteiger partial charge in [0.05, 0.1) is 23.3 Å². The molecule has 0 bridgehead atoms. The highest BCUT2D eigenvalue weighted by atomic mass is 16.2. The molecule has 30 heavy (non-hydrogen) atoms. The second-order valence-corrected chi connectivity index (χ2v) is 7.41. The van der Waals surface area contributed by atoms with Gasteiger partial charge in [0.1, 0.15) is 6.54 Å². The maximum Gasteiger partial charge on any atom is 0.269 e. The normalized spacial score (nSPS) is 16.6. The lowest BCUT2D eigenvalue weighted by Crippen LogP contribution is -2.39. The highest BCUT2D eigenvalue weighted by molar-refractivity contribution is 5.92. The number of nitrogens with zero attached hydrogens (tertiary/aromatic N) is 3. The van der Waals surface area contributed by atoms with Gasteiger partial charge in [-0.2, -0.15) is 0 Å². The number of fused-ring (bicyclic) bond motifs is 1. The summed E-state index contributed by atoms with van der Waals surface area (Å²) < 4.78 is 1.41. The summed E-state index contributed by atoms with van der Waals surface area (Å²) in [5.74, 6) is -0.633. The van der Waals surface area contributed by atoms with Gasteiger partial charge in [0, 0.05) is 12.2 Å². The minimum Gasteiger partial charge on any atom is -0.368 e. The zero-order chi connectivity index (χ0) is 21.1. The number of carbonyl (C=O) groups is 2. The molecule has 0 spiro atoms. The Morgan fingerprint density at radius 1 is 1.13 bits per heavy atom. The number of rotatable bonds is 6. The number of nitrogens with one attached hydrogen (secondary N) is 1. The van der Waals surface area contributed by atoms with E-state index in [1.54, 1.807) is 18.2 Å². The number of benzene rings is 2. The first-order chi connectivity index (χ1) is 14.5. The fourth-order valence-corrected chi connectivity index (χ4v) is 3.95. The zero-order valence-electron chi connectivity index (χ0n) is 16.5. The first-order valence-corrected chi connectivity index (χ1v) is 9.88. The van der Waals surface area contributed by atoms with Crippen molar-refractivity contribution in [1.82, 2.24) is 14.5 Å². The summed E-state index contributed by atoms with van der Waals surface area (Å²) in [6.45, 7) is 1.18. The fourth-order valence-electron chi connectivity index (χ4n) is 3.95. The number of primary amides is 1. The van der Waals surface area contributed by atoms with Crippen molar-refractivity contribution in [3.63, 3.8) is 0 Å². The van der Waals surface area contributed by atoms with E-state index in [-0.39, 0.29) is 30.0 Å². The molecule has 0 radical (unpaired) electrons. The molecule has 1 aromatic heterocycles. The first kappa shape index (κ1) is 19.8. The summed E-state index contributed by atoms with van der Waals surface area (Å²) in [5, 5.41) is 2.91. The van der Waals surface area contributed by atoms with Crippen molar-refractivity contribution in [3.05, 3.63) is 70.6 Å². The monoisotopic (exact) mass is 405 g/mol. The molecule has 0 saturated carbocycles. The number of para-hydroxylation sites is 3. The van der Waals surface area contributed by atoms with Crippen LogP contribution in [-0.2, 0) is 22.7 Å². The maximum atomic E-state index is 12.8. The van der Waals surface area contributed by atoms with Crippen LogP contribution >= 0.6 is 0 Å². The van der Waals surface area contributed by atoms with Crippen LogP contribution in [0.4, 0.5) is 5.69 Å². The minimum atomic E-state index is -0.335. The van der Waals surface area contributed by atoms with Crippen LogP contribution in [0.15, 0.2) is 59.5 Å². The van der Waals surface area contributed by atoms with Gasteiger partial charge >= 0.3 is 0 Å². The van der Waals surface area contributed by atoms with Crippen LogP contribution in [0, 0.1) is 0 Å². The number of likely N-dealkylation sites (tertiary alicyclic amines) is 1. The smallest absolute Gasteiger partial charge is 0.269 e. The summed E-state index contributed by atoms with van der Waals surface area (Å²) in [7, 11) is 0. The van der Waals surface area contributed by atoms with Gasteiger partial charge in [-0.15, -0.1) is 0 Å². The fraction of sp³-hybridized carbons (Fsp3) is 0.273. The number of carbonyl (C=O) groups excluding carboxylic acids is 2. The molecule has 8 heteroatoms. The Bertz CT molecular complexity index is 1160. The molecule has 2 aromatic carbocycles. The lowest BCUT2D eigenvalue weighted by molar-refractivity contribution is -0.122. The van der Waals surface area contributed by atoms with Crippen molar-refractivity contribution in [2.24, 2.45) is 5.73 Å². The summed E-state index contributed by atoms with van der Waals surface area (Å²) >= 11 is 0. The lowest BCUT2D eigenvalue weighted by atomic mass is 10.1. The Kier molecular flexibility index (Phi) is 5.58. The highest BCUT2D eigenvalue weighted by Crippen LogP contribution is 2.24. The molecular formula is C22H23N5O3. The maximum absolute atomic E-state index is 12.8. The average Bonchev–Trinajstić information content (AvgIpc) is 3.20. The molecule has 1 saturated heterocycles. The number of aromatic nitrogens is 2. The van der Waals surface area contributed by atoms with E-state index in [9.17, 15) is 14.4 Å². The van der Waals surface area contributed by atoms with Gasteiger partial charge in [-0.05, 0) is 43.1 Å². The van der Waals surface area contributed by atoms with Crippen molar-refractivity contribution in [1.29, 1.82) is 0 Å². The number of anilines is 1. The molecule has 1 unspecified atom stereocenters. The van der Waals surface area contributed by atoms with Crippen molar-refractivity contribution >= 4 is 28.5 Å². The molecule has 154 valence electrons. The molecule has 1 aliphatic rings. The molecule has 3 N–H and O–H groups in total. The topological polar surface area (TPSA) is 110 Å². The van der Waals surface area contributed by atoms with Crippen molar-refractivity contribution < 1.29 is 9.59 Å². The third-order valence-electron chi connectivity index (χ3n) is 5.41. The number of hydrogen-bond acceptors (Lipinski definition) is 5. The third-order valence-corrected chi connectivity index (χ3v) is 5.41. The van der Waals surface area contributed by atoms with Gasteiger partial charge in [0.15, 0.2) is 0 Å². The van der Waals surface area contributed by atoms with Crippen LogP contribution in [-0.4, -0.2) is 38.9 Å². The molecule has 0 aliphatic carbocycles. The van der Waals surface area contributed by atoms with E-state index in [4.69, 9.17) is 5.73 Å². The van der Waals surface area contributed by atoms with Gasteiger partial charge < -0.3 is 11.1 Å². The zero-order valence-corrected chi connectivity index (χ0v) is 16.5. The Balaban J connectivity index is 1.53. The summed E-state index contributed by atoms with van der Waals surface area (Å²) in [5.41, 5.74) is 7.99. The van der Waals surface area contributed by atoms with Gasteiger partial charge in [-0.25, -0.2) is 4.98 Å². The second-order valence-electron chi connectivity index (χ2n) is 7.41. The summed E-state index contributed by atoms with van der Waals surface area (Å²) in [4.78, 5) is 42.9. The second kappa shape index (κ2) is 8.46. The molecule has 2 heterocycles. The Labute approximate surface area is 173 Å². The Morgan fingerprint density at radius 2 is 1.90 bits per heavy atom. The lowest BCUT2D eigenvalue weighted by Gasteiger charge is -2.23. The van der Waals surface area contributed by atoms with Crippen LogP contribution in [0.1, 0.15) is 18.4 Å². The number of nitrogens with two attached hydrogens (primary N) is 1. The predicted octanol–water partition coefficient (Wildman–Crippen LogP) is 1.48. The van der Waals surface area contributed by atoms with E-state index in [0.29, 0.717) is 23.3 Å². The van der Waals surface area contributed by atoms with E-state index in [1.165, 1.54) is 10.8 Å². The number of amides is 2. The molecule has 1 atom stereocenters. The standard InChI is InChI=1S/C22H23N5O3/c23-22(30)19-10-5-11-26(19)13-15-6-1-2-7-16(15)25-20(28)14-27-18-9-4-3-8-17(18)24-12-21(27)29/h1-4,6-9,12,19H,5,10-11,13-14H2,(H2,23,30)(H,25,28). The van der Waals surface area contributed by atoms with Gasteiger partial charge in [-0.1, -0.05) is 30.3 Å². The van der Waals surface area contributed by atoms with Gasteiger partial charge in [0.25, 0.3) is 5.56 Å². The quantitative estimate of drug-likeness (QED) is 0.646. The Hall–Kier alpha value is -3.52.